The number of amides is 2. The summed E-state index contributed by atoms with van der Waals surface area (Å²) in [5.41, 5.74) is 7.48. The minimum atomic E-state index is -1.16. The molecule has 0 spiro atoms. The van der Waals surface area contributed by atoms with Crippen LogP contribution in [0, 0.1) is 18.7 Å². The molecular weight excluding hydrogens is 455 g/mol. The van der Waals surface area contributed by atoms with E-state index >= 15 is 0 Å². The second-order valence-corrected chi connectivity index (χ2v) is 8.70. The third-order valence-electron chi connectivity index (χ3n) is 6.06. The molecule has 0 aliphatic heterocycles. The molecule has 35 heavy (non-hydrogen) atoms. The molecule has 1 aliphatic carbocycles. The van der Waals surface area contributed by atoms with Gasteiger partial charge in [-0.05, 0) is 50.3 Å². The summed E-state index contributed by atoms with van der Waals surface area (Å²) in [4.78, 5) is 31.7. The van der Waals surface area contributed by atoms with Gasteiger partial charge in [0.15, 0.2) is 11.6 Å². The van der Waals surface area contributed by atoms with Crippen molar-refractivity contribution in [1.29, 1.82) is 0 Å². The van der Waals surface area contributed by atoms with Crippen LogP contribution in [0.3, 0.4) is 0 Å². The number of rotatable bonds is 9. The number of nitrogens with one attached hydrogen (secondary N) is 3. The molecule has 0 unspecified atom stereocenters. The highest BCUT2D eigenvalue weighted by Gasteiger charge is 2.33. The number of carboxylic acid groups (broad SMARTS) is 1. The largest absolute Gasteiger partial charge is 0.465 e. The maximum absolute atomic E-state index is 15.0. The second kappa shape index (κ2) is 9.95. The normalized spacial score (nSPS) is 15.1. The molecule has 1 fully saturated rings. The van der Waals surface area contributed by atoms with Crippen LogP contribution in [-0.2, 0) is 0 Å². The lowest BCUT2D eigenvalue weighted by atomic mass is 9.77. The van der Waals surface area contributed by atoms with Gasteiger partial charge < -0.3 is 26.8 Å². The average Bonchev–Trinajstić information content (AvgIpc) is 3.20. The number of carbonyl (C=O) groups excluding carboxylic acids is 1. The third kappa shape index (κ3) is 5.48. The number of primary amides is 1. The lowest BCUT2D eigenvalue weighted by molar-refractivity contribution is 0.1000. The van der Waals surface area contributed by atoms with E-state index in [0.717, 1.165) is 30.9 Å². The predicted octanol–water partition coefficient (Wildman–Crippen LogP) is 3.19. The van der Waals surface area contributed by atoms with Crippen molar-refractivity contribution in [2.24, 2.45) is 11.7 Å². The first kappa shape index (κ1) is 23.9. The molecule has 3 aromatic heterocycles. The lowest BCUT2D eigenvalue weighted by Crippen LogP contribution is -2.50. The molecule has 1 aliphatic rings. The van der Waals surface area contributed by atoms with Crippen molar-refractivity contribution in [2.45, 2.75) is 45.2 Å². The number of hydrogen-bond acceptors (Lipinski definition) is 7. The van der Waals surface area contributed by atoms with Crippen LogP contribution < -0.4 is 21.7 Å². The molecule has 0 bridgehead atoms. The minimum absolute atomic E-state index is 0.0446. The maximum atomic E-state index is 15.0. The highest BCUT2D eigenvalue weighted by Crippen LogP contribution is 2.34. The summed E-state index contributed by atoms with van der Waals surface area (Å²) >= 11 is 0. The fourth-order valence-electron chi connectivity index (χ4n) is 4.08. The summed E-state index contributed by atoms with van der Waals surface area (Å²) in [5, 5.41) is 21.9. The van der Waals surface area contributed by atoms with Crippen molar-refractivity contribution in [3.63, 3.8) is 0 Å². The third-order valence-corrected chi connectivity index (χ3v) is 6.06. The Balaban J connectivity index is 1.64. The Morgan fingerprint density at radius 1 is 1.23 bits per heavy atom. The van der Waals surface area contributed by atoms with Crippen LogP contribution in [-0.4, -0.2) is 48.9 Å². The number of nitrogens with two attached hydrogens (primary N) is 1. The van der Waals surface area contributed by atoms with E-state index in [1.54, 1.807) is 30.1 Å². The van der Waals surface area contributed by atoms with Gasteiger partial charge in [-0.15, -0.1) is 0 Å². The summed E-state index contributed by atoms with van der Waals surface area (Å²) in [7, 11) is 0. The van der Waals surface area contributed by atoms with Gasteiger partial charge in [-0.1, -0.05) is 6.42 Å². The van der Waals surface area contributed by atoms with E-state index in [4.69, 9.17) is 10.8 Å². The molecule has 11 nitrogen and oxygen atoms in total. The Bertz CT molecular complexity index is 1240. The molecule has 2 amide bonds. The maximum Gasteiger partial charge on any atom is 0.404 e. The molecule has 3 aromatic rings. The fourth-order valence-corrected chi connectivity index (χ4v) is 4.08. The van der Waals surface area contributed by atoms with E-state index in [-0.39, 0.29) is 29.2 Å². The quantitative estimate of drug-likeness (QED) is 0.311. The van der Waals surface area contributed by atoms with E-state index in [9.17, 15) is 14.0 Å². The molecule has 1 saturated carbocycles. The molecule has 3 heterocycles. The van der Waals surface area contributed by atoms with Crippen LogP contribution in [0.2, 0.25) is 0 Å². The smallest absolute Gasteiger partial charge is 0.404 e. The van der Waals surface area contributed by atoms with Gasteiger partial charge >= 0.3 is 6.09 Å². The van der Waals surface area contributed by atoms with Crippen LogP contribution in [0.4, 0.5) is 26.5 Å². The molecule has 0 aromatic carbocycles. The van der Waals surface area contributed by atoms with Crippen LogP contribution in [0.15, 0.2) is 36.9 Å². The number of aromatic nitrogens is 4. The zero-order chi connectivity index (χ0) is 25.1. The summed E-state index contributed by atoms with van der Waals surface area (Å²) in [6, 6.07) is 1.88. The number of halogens is 1. The first-order chi connectivity index (χ1) is 16.7. The molecular formula is C23H27FN8O3. The van der Waals surface area contributed by atoms with Gasteiger partial charge in [0.1, 0.15) is 5.82 Å². The van der Waals surface area contributed by atoms with Crippen molar-refractivity contribution >= 4 is 29.3 Å². The molecule has 0 radical (unpaired) electrons. The highest BCUT2D eigenvalue weighted by atomic mass is 19.1. The Labute approximate surface area is 201 Å². The average molecular weight is 483 g/mol. The monoisotopic (exact) mass is 482 g/mol. The van der Waals surface area contributed by atoms with E-state index in [1.807, 2.05) is 13.1 Å². The van der Waals surface area contributed by atoms with Crippen molar-refractivity contribution in [1.82, 2.24) is 25.1 Å². The fraction of sp³-hybridized carbons (Fsp3) is 0.348. The predicted molar refractivity (Wildman–Crippen MR) is 127 cm³/mol. The first-order valence-electron chi connectivity index (χ1n) is 11.2. The molecule has 2 atom stereocenters. The number of pyridine rings is 2. The minimum Gasteiger partial charge on any atom is -0.465 e. The first-order valence-corrected chi connectivity index (χ1v) is 11.2. The van der Waals surface area contributed by atoms with Gasteiger partial charge in [0.25, 0.3) is 5.91 Å². The number of hydrogen-bond donors (Lipinski definition) is 5. The Morgan fingerprint density at radius 3 is 2.60 bits per heavy atom. The van der Waals surface area contributed by atoms with Crippen molar-refractivity contribution in [3.05, 3.63) is 53.9 Å². The van der Waals surface area contributed by atoms with E-state index < -0.39 is 23.9 Å². The SMILES string of the molecule is Cc1cnn(-c2cncc(Nc3nc(N[C@@H](C4CCC4)[C@H](C)NC(=O)O)c(F)cc3C(N)=O)c2)c1. The van der Waals surface area contributed by atoms with Gasteiger partial charge in [-0.25, -0.2) is 18.9 Å². The van der Waals surface area contributed by atoms with Crippen molar-refractivity contribution in [3.8, 4) is 5.69 Å². The van der Waals surface area contributed by atoms with E-state index in [1.165, 1.54) is 6.20 Å². The van der Waals surface area contributed by atoms with Gasteiger partial charge in [-0.2, -0.15) is 5.10 Å². The van der Waals surface area contributed by atoms with Crippen molar-refractivity contribution < 1.29 is 19.1 Å². The highest BCUT2D eigenvalue weighted by molar-refractivity contribution is 5.98. The topological polar surface area (TPSA) is 160 Å². The van der Waals surface area contributed by atoms with Crippen molar-refractivity contribution in [2.75, 3.05) is 10.6 Å². The zero-order valence-electron chi connectivity index (χ0n) is 19.3. The van der Waals surface area contributed by atoms with Gasteiger partial charge in [0.05, 0.1) is 41.6 Å². The second-order valence-electron chi connectivity index (χ2n) is 8.70. The summed E-state index contributed by atoms with van der Waals surface area (Å²) in [5.74, 6) is -1.53. The Kier molecular flexibility index (Phi) is 6.80. The van der Waals surface area contributed by atoms with Crippen LogP contribution in [0.5, 0.6) is 0 Å². The Hall–Kier alpha value is -4.22. The number of carbonyl (C=O) groups is 2. The number of anilines is 3. The number of aryl methyl sites for hydroxylation is 1. The van der Waals surface area contributed by atoms with Crippen LogP contribution in [0.25, 0.3) is 5.69 Å². The van der Waals surface area contributed by atoms with Gasteiger partial charge in [-0.3, -0.25) is 9.78 Å². The molecule has 0 saturated heterocycles. The summed E-state index contributed by atoms with van der Waals surface area (Å²) < 4.78 is 16.6. The summed E-state index contributed by atoms with van der Waals surface area (Å²) in [6.45, 7) is 3.63. The zero-order valence-corrected chi connectivity index (χ0v) is 19.3. The van der Waals surface area contributed by atoms with Crippen LogP contribution in [0.1, 0.15) is 42.1 Å². The summed E-state index contributed by atoms with van der Waals surface area (Å²) in [6.07, 6.45) is 8.33. The van der Waals surface area contributed by atoms with E-state index in [0.29, 0.717) is 11.4 Å². The molecule has 6 N–H and O–H groups in total. The van der Waals surface area contributed by atoms with E-state index in [2.05, 4.69) is 31.0 Å². The molecule has 184 valence electrons. The van der Waals surface area contributed by atoms with Gasteiger partial charge in [0, 0.05) is 12.2 Å². The Morgan fingerprint density at radius 2 is 2.00 bits per heavy atom. The standard InChI is InChI=1S/C23H27FN8O3/c1-12-8-27-32(11-12)16-6-15(9-26-10-16)29-21-17(20(25)33)7-18(24)22(31-21)30-19(14-4-3-5-14)13(2)28-23(34)35/h6-11,13-14,19,28H,3-5H2,1-2H3,(H2,25,33)(H,34,35)(H2,29,30,31)/t13-,19+/m0/s1. The number of nitrogens with zero attached hydrogens (tertiary/aromatic N) is 4. The molecule has 4 rings (SSSR count). The molecule has 12 heteroatoms. The van der Waals surface area contributed by atoms with Gasteiger partial charge in [0.2, 0.25) is 0 Å². The van der Waals surface area contributed by atoms with Crippen LogP contribution >= 0.6 is 0 Å². The lowest BCUT2D eigenvalue weighted by Gasteiger charge is -2.38.